The average Bonchev–Trinajstić information content (AvgIpc) is 2.43. The molecule has 2 rings (SSSR count). The third-order valence-corrected chi connectivity index (χ3v) is 5.19. The number of piperidine rings is 1. The Balaban J connectivity index is 1.93. The van der Waals surface area contributed by atoms with Crippen LogP contribution < -0.4 is 0 Å². The zero-order valence-electron chi connectivity index (χ0n) is 13.0. The van der Waals surface area contributed by atoms with Crippen LogP contribution >= 0.6 is 22.6 Å². The van der Waals surface area contributed by atoms with Gasteiger partial charge in [0.1, 0.15) is 6.10 Å². The van der Waals surface area contributed by atoms with Crippen molar-refractivity contribution in [3.63, 3.8) is 0 Å². The standard InChI is InChI=1S/C17H24INO2/c1-12-7-6-8-13(2)19(12)11-14(3)21-17(20)15-9-4-5-10-16(15)18/h4-5,9-10,12-14H,6-8,11H2,1-3H3/t12-,13-,14+/m0/s1. The van der Waals surface area contributed by atoms with E-state index in [1.165, 1.54) is 19.3 Å². The van der Waals surface area contributed by atoms with Gasteiger partial charge < -0.3 is 4.74 Å². The molecule has 0 amide bonds. The summed E-state index contributed by atoms with van der Waals surface area (Å²) in [7, 11) is 0. The smallest absolute Gasteiger partial charge is 0.339 e. The molecule has 3 atom stereocenters. The van der Waals surface area contributed by atoms with Gasteiger partial charge in [-0.1, -0.05) is 18.6 Å². The number of rotatable bonds is 4. The first-order valence-corrected chi connectivity index (χ1v) is 8.78. The number of hydrogen-bond acceptors (Lipinski definition) is 3. The van der Waals surface area contributed by atoms with Gasteiger partial charge in [-0.25, -0.2) is 4.79 Å². The maximum atomic E-state index is 12.2. The Labute approximate surface area is 141 Å². The van der Waals surface area contributed by atoms with Gasteiger partial charge in [-0.15, -0.1) is 0 Å². The van der Waals surface area contributed by atoms with Gasteiger partial charge in [-0.3, -0.25) is 4.90 Å². The first-order valence-electron chi connectivity index (χ1n) is 7.70. The summed E-state index contributed by atoms with van der Waals surface area (Å²) >= 11 is 2.17. The summed E-state index contributed by atoms with van der Waals surface area (Å²) in [5.41, 5.74) is 0.657. The van der Waals surface area contributed by atoms with Crippen molar-refractivity contribution in [1.82, 2.24) is 4.90 Å². The summed E-state index contributed by atoms with van der Waals surface area (Å²) in [6.45, 7) is 7.34. The van der Waals surface area contributed by atoms with Crippen molar-refractivity contribution in [1.29, 1.82) is 0 Å². The maximum absolute atomic E-state index is 12.2. The van der Waals surface area contributed by atoms with Crippen molar-refractivity contribution in [3.8, 4) is 0 Å². The monoisotopic (exact) mass is 401 g/mol. The molecule has 0 N–H and O–H groups in total. The van der Waals surface area contributed by atoms with E-state index in [1.54, 1.807) is 0 Å². The zero-order chi connectivity index (χ0) is 15.4. The summed E-state index contributed by atoms with van der Waals surface area (Å²) in [5.74, 6) is -0.218. The second-order valence-electron chi connectivity index (χ2n) is 6.02. The van der Waals surface area contributed by atoms with Gasteiger partial charge in [-0.2, -0.15) is 0 Å². The van der Waals surface area contributed by atoms with Crippen molar-refractivity contribution in [2.24, 2.45) is 0 Å². The summed E-state index contributed by atoms with van der Waals surface area (Å²) in [4.78, 5) is 14.7. The molecule has 1 saturated heterocycles. The molecule has 0 aromatic heterocycles. The average molecular weight is 401 g/mol. The number of carbonyl (C=O) groups excluding carboxylic acids is 1. The number of carbonyl (C=O) groups is 1. The van der Waals surface area contributed by atoms with Crippen molar-refractivity contribution >= 4 is 28.6 Å². The molecule has 4 heteroatoms. The Hall–Kier alpha value is -0.620. The molecule has 0 aliphatic carbocycles. The van der Waals surface area contributed by atoms with E-state index >= 15 is 0 Å². The van der Waals surface area contributed by atoms with Crippen molar-refractivity contribution in [2.45, 2.75) is 58.2 Å². The highest BCUT2D eigenvalue weighted by Gasteiger charge is 2.27. The minimum atomic E-state index is -0.218. The van der Waals surface area contributed by atoms with Crippen molar-refractivity contribution in [2.75, 3.05) is 6.54 Å². The zero-order valence-corrected chi connectivity index (χ0v) is 15.2. The topological polar surface area (TPSA) is 29.5 Å². The molecule has 1 fully saturated rings. The molecule has 1 aromatic carbocycles. The number of benzene rings is 1. The van der Waals surface area contributed by atoms with E-state index in [9.17, 15) is 4.79 Å². The number of halogens is 1. The maximum Gasteiger partial charge on any atom is 0.339 e. The number of hydrogen-bond donors (Lipinski definition) is 0. The van der Waals surface area contributed by atoms with Crippen LogP contribution in [0.5, 0.6) is 0 Å². The molecule has 0 radical (unpaired) electrons. The lowest BCUT2D eigenvalue weighted by Crippen LogP contribution is -2.47. The van der Waals surface area contributed by atoms with E-state index in [2.05, 4.69) is 41.3 Å². The Morgan fingerprint density at radius 3 is 2.57 bits per heavy atom. The SMILES string of the molecule is C[C@H](CN1[C@@H](C)CCC[C@@H]1C)OC(=O)c1ccccc1I. The van der Waals surface area contributed by atoms with Gasteiger partial charge in [0, 0.05) is 22.2 Å². The van der Waals surface area contributed by atoms with Crippen LogP contribution in [0.2, 0.25) is 0 Å². The van der Waals surface area contributed by atoms with Crippen molar-refractivity contribution < 1.29 is 9.53 Å². The quantitative estimate of drug-likeness (QED) is 0.562. The Bertz CT molecular complexity index is 481. The fraction of sp³-hybridized carbons (Fsp3) is 0.588. The summed E-state index contributed by atoms with van der Waals surface area (Å²) in [5, 5.41) is 0. The molecule has 1 aliphatic rings. The largest absolute Gasteiger partial charge is 0.458 e. The van der Waals surface area contributed by atoms with E-state index in [1.807, 2.05) is 31.2 Å². The predicted octanol–water partition coefficient (Wildman–Crippen LogP) is 4.10. The molecule has 21 heavy (non-hydrogen) atoms. The Kier molecular flexibility index (Phi) is 6.05. The lowest BCUT2D eigenvalue weighted by Gasteiger charge is -2.40. The van der Waals surface area contributed by atoms with E-state index in [4.69, 9.17) is 4.74 Å². The first-order chi connectivity index (χ1) is 9.99. The molecule has 0 unspecified atom stereocenters. The van der Waals surface area contributed by atoms with E-state index < -0.39 is 0 Å². The first kappa shape index (κ1) is 16.7. The van der Waals surface area contributed by atoms with E-state index in [0.717, 1.165) is 10.1 Å². The van der Waals surface area contributed by atoms with Crippen LogP contribution in [0.1, 0.15) is 50.4 Å². The summed E-state index contributed by atoms with van der Waals surface area (Å²) in [6.07, 6.45) is 3.69. The van der Waals surface area contributed by atoms with Crippen LogP contribution in [0.4, 0.5) is 0 Å². The van der Waals surface area contributed by atoms with Crippen LogP contribution in [0.25, 0.3) is 0 Å². The van der Waals surface area contributed by atoms with Gasteiger partial charge in [0.15, 0.2) is 0 Å². The highest BCUT2D eigenvalue weighted by Crippen LogP contribution is 2.23. The molecule has 3 nitrogen and oxygen atoms in total. The van der Waals surface area contributed by atoms with Crippen molar-refractivity contribution in [3.05, 3.63) is 33.4 Å². The highest BCUT2D eigenvalue weighted by atomic mass is 127. The number of nitrogens with zero attached hydrogens (tertiary/aromatic N) is 1. The Morgan fingerprint density at radius 2 is 1.95 bits per heavy atom. The summed E-state index contributed by atoms with van der Waals surface area (Å²) < 4.78 is 6.57. The molecule has 1 aliphatic heterocycles. The van der Waals surface area contributed by atoms with Gasteiger partial charge in [0.05, 0.1) is 5.56 Å². The van der Waals surface area contributed by atoms with Gasteiger partial charge >= 0.3 is 5.97 Å². The highest BCUT2D eigenvalue weighted by molar-refractivity contribution is 14.1. The molecule has 116 valence electrons. The number of likely N-dealkylation sites (tertiary alicyclic amines) is 1. The predicted molar refractivity (Wildman–Crippen MR) is 93.5 cm³/mol. The second-order valence-corrected chi connectivity index (χ2v) is 7.18. The van der Waals surface area contributed by atoms with E-state index in [0.29, 0.717) is 17.6 Å². The molecular formula is C17H24INO2. The number of ether oxygens (including phenoxy) is 1. The minimum Gasteiger partial charge on any atom is -0.458 e. The lowest BCUT2D eigenvalue weighted by molar-refractivity contribution is 0.00803. The summed E-state index contributed by atoms with van der Waals surface area (Å²) in [6, 6.07) is 8.70. The molecule has 1 aromatic rings. The second kappa shape index (κ2) is 7.58. The van der Waals surface area contributed by atoms with Crippen LogP contribution in [-0.4, -0.2) is 35.6 Å². The fourth-order valence-corrected chi connectivity index (χ4v) is 3.65. The normalized spacial score (nSPS) is 24.6. The third kappa shape index (κ3) is 4.42. The molecule has 1 heterocycles. The van der Waals surface area contributed by atoms with Crippen LogP contribution in [-0.2, 0) is 4.74 Å². The molecular weight excluding hydrogens is 377 g/mol. The Morgan fingerprint density at radius 1 is 1.33 bits per heavy atom. The van der Waals surface area contributed by atoms with Gasteiger partial charge in [0.2, 0.25) is 0 Å². The molecule has 0 saturated carbocycles. The van der Waals surface area contributed by atoms with E-state index in [-0.39, 0.29) is 12.1 Å². The molecule has 0 spiro atoms. The molecule has 0 bridgehead atoms. The van der Waals surface area contributed by atoms with Crippen LogP contribution in [0, 0.1) is 3.57 Å². The minimum absolute atomic E-state index is 0.0866. The third-order valence-electron chi connectivity index (χ3n) is 4.25. The van der Waals surface area contributed by atoms with Crippen LogP contribution in [0.3, 0.4) is 0 Å². The van der Waals surface area contributed by atoms with Crippen LogP contribution in [0.15, 0.2) is 24.3 Å². The number of esters is 1. The fourth-order valence-electron chi connectivity index (χ4n) is 3.04. The lowest BCUT2D eigenvalue weighted by atomic mass is 9.97. The van der Waals surface area contributed by atoms with Gasteiger partial charge in [0.25, 0.3) is 0 Å². The van der Waals surface area contributed by atoms with Gasteiger partial charge in [-0.05, 0) is 68.3 Å².